The molecule has 0 spiro atoms. The summed E-state index contributed by atoms with van der Waals surface area (Å²) in [6, 6.07) is 1.02. The maximum atomic E-state index is 12.5. The second kappa shape index (κ2) is 9.89. The number of aliphatic hydroxyl groups is 1. The minimum atomic E-state index is -1.21. The van der Waals surface area contributed by atoms with E-state index in [1.54, 1.807) is 27.7 Å². The van der Waals surface area contributed by atoms with E-state index in [1.165, 1.54) is 4.90 Å². The lowest BCUT2D eigenvalue weighted by Crippen LogP contribution is -2.56. The molecule has 1 aliphatic heterocycles. The second-order valence-corrected chi connectivity index (χ2v) is 15.0. The third kappa shape index (κ3) is 8.61. The molecular weight excluding hydrogens is 366 g/mol. The zero-order valence-corrected chi connectivity index (χ0v) is 18.9. The van der Waals surface area contributed by atoms with Crippen molar-refractivity contribution in [3.05, 3.63) is 0 Å². The second-order valence-electron chi connectivity index (χ2n) is 9.38. The van der Waals surface area contributed by atoms with Crippen molar-refractivity contribution in [2.75, 3.05) is 32.9 Å². The molecule has 1 saturated heterocycles. The predicted octanol–water partition coefficient (Wildman–Crippen LogP) is 2.75. The van der Waals surface area contributed by atoms with E-state index in [1.807, 2.05) is 0 Å². The monoisotopic (exact) mass is 403 g/mol. The number of ether oxygens (including phenoxy) is 3. The van der Waals surface area contributed by atoms with Gasteiger partial charge in [-0.2, -0.15) is 0 Å². The Morgan fingerprint density at radius 2 is 1.81 bits per heavy atom. The molecule has 1 N–H and O–H groups in total. The Bertz CT molecular complexity index is 499. The Hall–Kier alpha value is -1.12. The standard InChI is InChI=1S/C19H37NO6Si/c1-8-25-17(22)15-12-20(18(23)26-19(2,3)4)11-14(16(15)21)13-24-9-10-27(5,6)7/h14-16,21H,8-13H2,1-7H3/t14-,15-,16+/m1/s1. The van der Waals surface area contributed by atoms with E-state index in [4.69, 9.17) is 14.2 Å². The molecule has 0 aliphatic carbocycles. The van der Waals surface area contributed by atoms with Gasteiger partial charge in [-0.1, -0.05) is 19.6 Å². The van der Waals surface area contributed by atoms with Gasteiger partial charge in [0.1, 0.15) is 11.5 Å². The number of hydrogen-bond acceptors (Lipinski definition) is 6. The first-order valence-electron chi connectivity index (χ1n) is 9.74. The highest BCUT2D eigenvalue weighted by Gasteiger charge is 2.43. The third-order valence-electron chi connectivity index (χ3n) is 4.34. The number of esters is 1. The number of carbonyl (C=O) groups excluding carboxylic acids is 2. The molecule has 7 nitrogen and oxygen atoms in total. The van der Waals surface area contributed by atoms with E-state index >= 15 is 0 Å². The smallest absolute Gasteiger partial charge is 0.410 e. The number of amides is 1. The molecule has 1 rings (SSSR count). The quantitative estimate of drug-likeness (QED) is 0.400. The average Bonchev–Trinajstić information content (AvgIpc) is 2.50. The van der Waals surface area contributed by atoms with Crippen LogP contribution in [0.1, 0.15) is 27.7 Å². The van der Waals surface area contributed by atoms with Gasteiger partial charge in [0.2, 0.25) is 0 Å². The molecular formula is C19H37NO6Si. The summed E-state index contributed by atoms with van der Waals surface area (Å²) < 4.78 is 16.3. The molecule has 158 valence electrons. The molecule has 0 saturated carbocycles. The van der Waals surface area contributed by atoms with Gasteiger partial charge in [-0.15, -0.1) is 0 Å². The average molecular weight is 404 g/mol. The fourth-order valence-corrected chi connectivity index (χ4v) is 3.60. The molecule has 1 amide bonds. The van der Waals surface area contributed by atoms with E-state index in [0.717, 1.165) is 6.04 Å². The topological polar surface area (TPSA) is 85.3 Å². The van der Waals surface area contributed by atoms with Crippen LogP contribution in [0.2, 0.25) is 25.7 Å². The number of piperidine rings is 1. The van der Waals surface area contributed by atoms with Crippen molar-refractivity contribution in [2.45, 2.75) is 65.1 Å². The SMILES string of the molecule is CCOC(=O)[C@@H]1CN(C(=O)OC(C)(C)C)C[C@H](COCC[Si](C)(C)C)[C@@H]1O. The van der Waals surface area contributed by atoms with Crippen LogP contribution in [0.25, 0.3) is 0 Å². The summed E-state index contributed by atoms with van der Waals surface area (Å²) in [4.78, 5) is 26.2. The van der Waals surface area contributed by atoms with Gasteiger partial charge in [-0.25, -0.2) is 4.79 Å². The zero-order valence-electron chi connectivity index (χ0n) is 17.9. The van der Waals surface area contributed by atoms with E-state index in [-0.39, 0.29) is 19.1 Å². The van der Waals surface area contributed by atoms with Crippen LogP contribution < -0.4 is 0 Å². The highest BCUT2D eigenvalue weighted by atomic mass is 28.3. The van der Waals surface area contributed by atoms with Crippen LogP contribution in [0.15, 0.2) is 0 Å². The lowest BCUT2D eigenvalue weighted by molar-refractivity contribution is -0.159. The number of likely N-dealkylation sites (tertiary alicyclic amines) is 1. The number of nitrogens with zero attached hydrogens (tertiary/aromatic N) is 1. The molecule has 0 aromatic carbocycles. The highest BCUT2D eigenvalue weighted by molar-refractivity contribution is 6.76. The lowest BCUT2D eigenvalue weighted by atomic mass is 9.86. The Balaban J connectivity index is 2.80. The molecule has 0 radical (unpaired) electrons. The van der Waals surface area contributed by atoms with Crippen LogP contribution in [0.5, 0.6) is 0 Å². The van der Waals surface area contributed by atoms with Crippen LogP contribution >= 0.6 is 0 Å². The van der Waals surface area contributed by atoms with Gasteiger partial charge in [0, 0.05) is 33.7 Å². The molecule has 27 heavy (non-hydrogen) atoms. The summed E-state index contributed by atoms with van der Waals surface area (Å²) >= 11 is 0. The van der Waals surface area contributed by atoms with Gasteiger partial charge in [0.15, 0.2) is 0 Å². The summed E-state index contributed by atoms with van der Waals surface area (Å²) in [7, 11) is -1.21. The van der Waals surface area contributed by atoms with Crippen molar-refractivity contribution < 1.29 is 28.9 Å². The van der Waals surface area contributed by atoms with Crippen molar-refractivity contribution in [3.63, 3.8) is 0 Å². The largest absolute Gasteiger partial charge is 0.466 e. The number of carbonyl (C=O) groups is 2. The lowest BCUT2D eigenvalue weighted by Gasteiger charge is -2.40. The fourth-order valence-electron chi connectivity index (χ4n) is 2.84. The van der Waals surface area contributed by atoms with Crippen LogP contribution in [0.3, 0.4) is 0 Å². The van der Waals surface area contributed by atoms with Gasteiger partial charge < -0.3 is 24.2 Å². The van der Waals surface area contributed by atoms with Crippen molar-refractivity contribution in [2.24, 2.45) is 11.8 Å². The van der Waals surface area contributed by atoms with Crippen molar-refractivity contribution >= 4 is 20.1 Å². The van der Waals surface area contributed by atoms with Crippen LogP contribution in [0, 0.1) is 11.8 Å². The number of hydrogen-bond donors (Lipinski definition) is 1. The summed E-state index contributed by atoms with van der Waals surface area (Å²) in [5, 5.41) is 10.7. The predicted molar refractivity (Wildman–Crippen MR) is 106 cm³/mol. The van der Waals surface area contributed by atoms with Crippen LogP contribution in [-0.4, -0.2) is 74.8 Å². The van der Waals surface area contributed by atoms with Crippen molar-refractivity contribution in [1.82, 2.24) is 4.90 Å². The number of rotatable bonds is 7. The fraction of sp³-hybridized carbons (Fsp3) is 0.895. The third-order valence-corrected chi connectivity index (χ3v) is 6.04. The van der Waals surface area contributed by atoms with Crippen molar-refractivity contribution in [3.8, 4) is 0 Å². The van der Waals surface area contributed by atoms with Gasteiger partial charge in [0.25, 0.3) is 0 Å². The summed E-state index contributed by atoms with van der Waals surface area (Å²) in [5.41, 5.74) is -0.629. The zero-order chi connectivity index (χ0) is 20.8. The first-order chi connectivity index (χ1) is 12.3. The summed E-state index contributed by atoms with van der Waals surface area (Å²) in [6.45, 7) is 15.4. The maximum Gasteiger partial charge on any atom is 0.410 e. The minimum absolute atomic E-state index is 0.0836. The molecule has 8 heteroatoms. The van der Waals surface area contributed by atoms with E-state index in [2.05, 4.69) is 19.6 Å². The molecule has 1 heterocycles. The minimum Gasteiger partial charge on any atom is -0.466 e. The Kier molecular flexibility index (Phi) is 8.76. The normalized spacial score (nSPS) is 23.9. The first-order valence-corrected chi connectivity index (χ1v) is 13.4. The van der Waals surface area contributed by atoms with E-state index in [9.17, 15) is 14.7 Å². The summed E-state index contributed by atoms with van der Waals surface area (Å²) in [5.74, 6) is -1.65. The molecule has 0 aromatic rings. The van der Waals surface area contributed by atoms with Crippen LogP contribution in [0.4, 0.5) is 4.79 Å². The Morgan fingerprint density at radius 3 is 2.33 bits per heavy atom. The molecule has 0 aromatic heterocycles. The number of aliphatic hydroxyl groups excluding tert-OH is 1. The Labute approximate surface area is 164 Å². The maximum absolute atomic E-state index is 12.5. The molecule has 0 unspecified atom stereocenters. The molecule has 0 bridgehead atoms. The van der Waals surface area contributed by atoms with Gasteiger partial charge >= 0.3 is 12.1 Å². The van der Waals surface area contributed by atoms with Gasteiger partial charge in [0.05, 0.1) is 19.3 Å². The first kappa shape index (κ1) is 23.9. The van der Waals surface area contributed by atoms with Crippen LogP contribution in [-0.2, 0) is 19.0 Å². The molecule has 1 aliphatic rings. The highest BCUT2D eigenvalue weighted by Crippen LogP contribution is 2.26. The van der Waals surface area contributed by atoms with Crippen molar-refractivity contribution in [1.29, 1.82) is 0 Å². The molecule has 3 atom stereocenters. The van der Waals surface area contributed by atoms with E-state index < -0.39 is 37.8 Å². The Morgan fingerprint density at radius 1 is 1.19 bits per heavy atom. The molecule has 1 fully saturated rings. The van der Waals surface area contributed by atoms with E-state index in [0.29, 0.717) is 19.8 Å². The van der Waals surface area contributed by atoms with Gasteiger partial charge in [-0.05, 0) is 33.7 Å². The van der Waals surface area contributed by atoms with Gasteiger partial charge in [-0.3, -0.25) is 4.79 Å². The summed E-state index contributed by atoms with van der Waals surface area (Å²) in [6.07, 6.45) is -1.40.